The van der Waals surface area contributed by atoms with Crippen LogP contribution in [0.3, 0.4) is 0 Å². The van der Waals surface area contributed by atoms with E-state index in [4.69, 9.17) is 5.26 Å². The molecule has 1 aliphatic heterocycles. The van der Waals surface area contributed by atoms with E-state index in [2.05, 4.69) is 17.7 Å². The van der Waals surface area contributed by atoms with Crippen LogP contribution in [-0.4, -0.2) is 57.0 Å². The Hall–Kier alpha value is -2.22. The maximum atomic E-state index is 12.8. The van der Waals surface area contributed by atoms with E-state index in [1.807, 2.05) is 9.80 Å². The number of piperazine rings is 1. The van der Waals surface area contributed by atoms with Crippen molar-refractivity contribution in [2.45, 2.75) is 43.5 Å². The molecular weight excluding hydrogens is 394 g/mol. The lowest BCUT2D eigenvalue weighted by molar-refractivity contribution is -0.384. The lowest BCUT2D eigenvalue weighted by Gasteiger charge is -2.34. The van der Waals surface area contributed by atoms with Gasteiger partial charge in [-0.3, -0.25) is 15.0 Å². The summed E-state index contributed by atoms with van der Waals surface area (Å²) < 4.78 is 28.3. The SMILES string of the molecule is CC1CCC(NS(=O)(=O)c2ccc(N3CCN(CC#N)CC3)c([N+](=O)[O-])c2)CC1. The summed E-state index contributed by atoms with van der Waals surface area (Å²) >= 11 is 0. The molecule has 0 atom stereocenters. The average Bonchev–Trinajstić information content (AvgIpc) is 2.70. The molecule has 1 aromatic carbocycles. The molecule has 0 unspecified atom stereocenters. The van der Waals surface area contributed by atoms with E-state index >= 15 is 0 Å². The Balaban J connectivity index is 1.77. The molecule has 158 valence electrons. The fourth-order valence-electron chi connectivity index (χ4n) is 4.00. The first-order valence-corrected chi connectivity index (χ1v) is 11.4. The van der Waals surface area contributed by atoms with Crippen molar-refractivity contribution in [3.05, 3.63) is 28.3 Å². The predicted octanol–water partition coefficient (Wildman–Crippen LogP) is 2.10. The van der Waals surface area contributed by atoms with Crippen LogP contribution in [0.5, 0.6) is 0 Å². The van der Waals surface area contributed by atoms with Crippen molar-refractivity contribution in [1.82, 2.24) is 9.62 Å². The Labute approximate surface area is 171 Å². The molecule has 1 aliphatic carbocycles. The van der Waals surface area contributed by atoms with Crippen LogP contribution in [-0.2, 0) is 10.0 Å². The Morgan fingerprint density at radius 3 is 2.45 bits per heavy atom. The van der Waals surface area contributed by atoms with Gasteiger partial charge in [0.1, 0.15) is 5.69 Å². The lowest BCUT2D eigenvalue weighted by Crippen LogP contribution is -2.46. The summed E-state index contributed by atoms with van der Waals surface area (Å²) in [6.45, 7) is 4.85. The normalized spacial score (nSPS) is 23.5. The lowest BCUT2D eigenvalue weighted by atomic mass is 9.88. The van der Waals surface area contributed by atoms with Gasteiger partial charge in [-0.1, -0.05) is 6.92 Å². The maximum absolute atomic E-state index is 12.8. The van der Waals surface area contributed by atoms with Crippen molar-refractivity contribution < 1.29 is 13.3 Å². The Bertz CT molecular complexity index is 882. The van der Waals surface area contributed by atoms with E-state index in [9.17, 15) is 18.5 Å². The van der Waals surface area contributed by atoms with Crippen LogP contribution in [0.4, 0.5) is 11.4 Å². The van der Waals surface area contributed by atoms with Gasteiger partial charge in [0.15, 0.2) is 0 Å². The monoisotopic (exact) mass is 421 g/mol. The molecule has 2 fully saturated rings. The molecule has 1 saturated carbocycles. The summed E-state index contributed by atoms with van der Waals surface area (Å²) in [5, 5.41) is 20.4. The molecule has 0 amide bonds. The van der Waals surface area contributed by atoms with Crippen LogP contribution >= 0.6 is 0 Å². The number of nitro groups is 1. The second kappa shape index (κ2) is 9.07. The van der Waals surface area contributed by atoms with Crippen molar-refractivity contribution >= 4 is 21.4 Å². The highest BCUT2D eigenvalue weighted by Crippen LogP contribution is 2.32. The molecule has 1 aromatic rings. The van der Waals surface area contributed by atoms with Gasteiger partial charge in [-0.25, -0.2) is 13.1 Å². The molecule has 0 aromatic heterocycles. The Kier molecular flexibility index (Phi) is 6.72. The topological polar surface area (TPSA) is 120 Å². The minimum atomic E-state index is -3.81. The van der Waals surface area contributed by atoms with Crippen LogP contribution in [0.1, 0.15) is 32.6 Å². The third-order valence-corrected chi connectivity index (χ3v) is 7.32. The number of rotatable bonds is 6. The van der Waals surface area contributed by atoms with Crippen LogP contribution < -0.4 is 9.62 Å². The van der Waals surface area contributed by atoms with Gasteiger partial charge in [0, 0.05) is 38.3 Å². The predicted molar refractivity (Wildman–Crippen MR) is 109 cm³/mol. The first-order valence-electron chi connectivity index (χ1n) is 9.95. The maximum Gasteiger partial charge on any atom is 0.293 e. The zero-order valence-electron chi connectivity index (χ0n) is 16.6. The summed E-state index contributed by atoms with van der Waals surface area (Å²) in [4.78, 5) is 14.9. The third kappa shape index (κ3) is 5.23. The molecule has 29 heavy (non-hydrogen) atoms. The molecule has 0 spiro atoms. The molecule has 1 N–H and O–H groups in total. The first-order chi connectivity index (χ1) is 13.8. The summed E-state index contributed by atoms with van der Waals surface area (Å²) in [7, 11) is -3.81. The summed E-state index contributed by atoms with van der Waals surface area (Å²) in [6.07, 6.45) is 3.52. The molecule has 0 radical (unpaired) electrons. The number of sulfonamides is 1. The van der Waals surface area contributed by atoms with Gasteiger partial charge in [0.2, 0.25) is 10.0 Å². The zero-order chi connectivity index (χ0) is 21.0. The number of hydrogen-bond donors (Lipinski definition) is 1. The van der Waals surface area contributed by atoms with Gasteiger partial charge in [0.05, 0.1) is 22.4 Å². The van der Waals surface area contributed by atoms with Crippen molar-refractivity contribution in [2.24, 2.45) is 5.92 Å². The highest BCUT2D eigenvalue weighted by Gasteiger charge is 2.28. The van der Waals surface area contributed by atoms with Crippen molar-refractivity contribution in [3.8, 4) is 6.07 Å². The van der Waals surface area contributed by atoms with Crippen molar-refractivity contribution in [3.63, 3.8) is 0 Å². The fraction of sp³-hybridized carbons (Fsp3) is 0.632. The third-order valence-electron chi connectivity index (χ3n) is 5.80. The highest BCUT2D eigenvalue weighted by atomic mass is 32.2. The number of nitro benzene ring substituents is 1. The smallest absolute Gasteiger partial charge is 0.293 e. The number of benzene rings is 1. The van der Waals surface area contributed by atoms with Crippen molar-refractivity contribution in [2.75, 3.05) is 37.6 Å². The van der Waals surface area contributed by atoms with Crippen molar-refractivity contribution in [1.29, 1.82) is 5.26 Å². The van der Waals surface area contributed by atoms with Crippen LogP contribution in [0.15, 0.2) is 23.1 Å². The van der Waals surface area contributed by atoms with Gasteiger partial charge in [-0.05, 0) is 43.7 Å². The van der Waals surface area contributed by atoms with Gasteiger partial charge >= 0.3 is 0 Å². The van der Waals surface area contributed by atoms with Crippen LogP contribution in [0, 0.1) is 27.4 Å². The largest absolute Gasteiger partial charge is 0.363 e. The van der Waals surface area contributed by atoms with E-state index in [-0.39, 0.29) is 16.6 Å². The molecule has 9 nitrogen and oxygen atoms in total. The highest BCUT2D eigenvalue weighted by molar-refractivity contribution is 7.89. The first kappa shape index (κ1) is 21.5. The van der Waals surface area contributed by atoms with Crippen LogP contribution in [0.25, 0.3) is 0 Å². The number of hydrogen-bond acceptors (Lipinski definition) is 7. The Morgan fingerprint density at radius 1 is 1.21 bits per heavy atom. The number of nitriles is 1. The quantitative estimate of drug-likeness (QED) is 0.424. The van der Waals surface area contributed by atoms with E-state index in [1.165, 1.54) is 12.1 Å². The summed E-state index contributed by atoms with van der Waals surface area (Å²) in [5.74, 6) is 0.602. The standard InChI is InChI=1S/C19H27N5O4S/c1-15-2-4-16(5-3-15)21-29(27,28)17-6-7-18(19(14-17)24(25)26)23-12-10-22(9-8-20)11-13-23/h6-7,14-16,21H,2-5,9-13H2,1H3. The van der Waals surface area contributed by atoms with E-state index < -0.39 is 14.9 Å². The summed E-state index contributed by atoms with van der Waals surface area (Å²) in [5.41, 5.74) is 0.205. The second-order valence-corrected chi connectivity index (χ2v) is 9.62. The number of nitrogens with one attached hydrogen (secondary N) is 1. The number of anilines is 1. The van der Waals surface area contributed by atoms with E-state index in [0.717, 1.165) is 31.7 Å². The molecular formula is C19H27N5O4S. The molecule has 3 rings (SSSR count). The van der Waals surface area contributed by atoms with Gasteiger partial charge in [-0.2, -0.15) is 5.26 Å². The Morgan fingerprint density at radius 2 is 1.86 bits per heavy atom. The molecule has 1 heterocycles. The average molecular weight is 422 g/mol. The minimum absolute atomic E-state index is 0.0744. The molecule has 10 heteroatoms. The van der Waals surface area contributed by atoms with Gasteiger partial charge < -0.3 is 4.90 Å². The fourth-order valence-corrected chi connectivity index (χ4v) is 5.32. The zero-order valence-corrected chi connectivity index (χ0v) is 17.4. The second-order valence-electron chi connectivity index (χ2n) is 7.91. The minimum Gasteiger partial charge on any atom is -0.363 e. The molecule has 0 bridgehead atoms. The summed E-state index contributed by atoms with van der Waals surface area (Å²) in [6, 6.07) is 6.11. The van der Waals surface area contributed by atoms with E-state index in [1.54, 1.807) is 0 Å². The van der Waals surface area contributed by atoms with Gasteiger partial charge in [-0.15, -0.1) is 0 Å². The van der Waals surface area contributed by atoms with Gasteiger partial charge in [0.25, 0.3) is 5.69 Å². The number of nitrogens with zero attached hydrogens (tertiary/aromatic N) is 4. The molecule has 2 aliphatic rings. The van der Waals surface area contributed by atoms with E-state index in [0.29, 0.717) is 44.3 Å². The van der Waals surface area contributed by atoms with Crippen LogP contribution in [0.2, 0.25) is 0 Å². The molecule has 1 saturated heterocycles.